The molecule has 0 saturated heterocycles. The van der Waals surface area contributed by atoms with Crippen LogP contribution in [-0.4, -0.2) is 16.5 Å². The van der Waals surface area contributed by atoms with Crippen LogP contribution in [0.15, 0.2) is 29.1 Å². The van der Waals surface area contributed by atoms with E-state index in [0.29, 0.717) is 30.2 Å². The smallest absolute Gasteiger partial charge is 0.252 e. The van der Waals surface area contributed by atoms with Gasteiger partial charge < -0.3 is 10.3 Å². The van der Waals surface area contributed by atoms with Crippen molar-refractivity contribution in [2.45, 2.75) is 13.3 Å². The maximum atomic E-state index is 13.0. The lowest BCUT2D eigenvalue weighted by atomic mass is 10.1. The van der Waals surface area contributed by atoms with E-state index in [9.17, 15) is 13.6 Å². The Morgan fingerprint density at radius 2 is 1.89 bits per heavy atom. The molecule has 0 fully saturated rings. The van der Waals surface area contributed by atoms with Crippen molar-refractivity contribution < 1.29 is 8.78 Å². The molecule has 0 unspecified atom stereocenters. The minimum absolute atomic E-state index is 0.244. The second kappa shape index (κ2) is 5.60. The topological polar surface area (TPSA) is 57.8 Å². The van der Waals surface area contributed by atoms with Gasteiger partial charge in [-0.3, -0.25) is 4.79 Å². The maximum absolute atomic E-state index is 13.0. The largest absolute Gasteiger partial charge is 0.370 e. The summed E-state index contributed by atoms with van der Waals surface area (Å²) in [6.07, 6.45) is 0.433. The number of rotatable bonds is 4. The van der Waals surface area contributed by atoms with E-state index >= 15 is 0 Å². The van der Waals surface area contributed by atoms with Crippen molar-refractivity contribution in [2.75, 3.05) is 11.9 Å². The molecule has 0 bridgehead atoms. The number of H-pyrrole nitrogens is 1. The molecule has 100 valence electrons. The molecular formula is C13H13F2N3O. The van der Waals surface area contributed by atoms with Crippen LogP contribution in [0, 0.1) is 18.6 Å². The van der Waals surface area contributed by atoms with Crippen molar-refractivity contribution >= 4 is 5.82 Å². The Bertz CT molecular complexity index is 620. The molecule has 0 spiro atoms. The van der Waals surface area contributed by atoms with E-state index < -0.39 is 11.6 Å². The van der Waals surface area contributed by atoms with Crippen LogP contribution in [0.3, 0.4) is 0 Å². The van der Waals surface area contributed by atoms with Gasteiger partial charge in [0.1, 0.15) is 23.3 Å². The molecule has 0 aliphatic rings. The van der Waals surface area contributed by atoms with E-state index in [4.69, 9.17) is 0 Å². The average molecular weight is 265 g/mol. The third-order valence-electron chi connectivity index (χ3n) is 2.50. The number of nitrogens with one attached hydrogen (secondary N) is 2. The molecule has 0 radical (unpaired) electrons. The van der Waals surface area contributed by atoms with Gasteiger partial charge in [-0.05, 0) is 31.0 Å². The van der Waals surface area contributed by atoms with Crippen molar-refractivity contribution in [2.24, 2.45) is 0 Å². The van der Waals surface area contributed by atoms with E-state index in [1.807, 2.05) is 0 Å². The minimum atomic E-state index is -0.597. The number of halogens is 2. The molecule has 1 aromatic heterocycles. The Kier molecular flexibility index (Phi) is 3.89. The van der Waals surface area contributed by atoms with Crippen LogP contribution >= 0.6 is 0 Å². The van der Waals surface area contributed by atoms with Crippen molar-refractivity contribution in [3.8, 4) is 0 Å². The Labute approximate surface area is 108 Å². The lowest BCUT2D eigenvalue weighted by Crippen LogP contribution is -2.13. The van der Waals surface area contributed by atoms with Gasteiger partial charge in [0.25, 0.3) is 5.56 Å². The van der Waals surface area contributed by atoms with Crippen LogP contribution in [0.25, 0.3) is 0 Å². The molecule has 0 atom stereocenters. The first-order valence-corrected chi connectivity index (χ1v) is 5.80. The van der Waals surface area contributed by atoms with Gasteiger partial charge in [0.05, 0.1) is 0 Å². The van der Waals surface area contributed by atoms with Crippen LogP contribution in [-0.2, 0) is 6.42 Å². The van der Waals surface area contributed by atoms with Crippen molar-refractivity contribution in [1.29, 1.82) is 0 Å². The maximum Gasteiger partial charge on any atom is 0.252 e. The van der Waals surface area contributed by atoms with E-state index in [0.717, 1.165) is 6.07 Å². The molecule has 2 aromatic rings. The number of aromatic amines is 1. The van der Waals surface area contributed by atoms with Crippen molar-refractivity contribution in [3.05, 3.63) is 57.6 Å². The summed E-state index contributed by atoms with van der Waals surface area (Å²) >= 11 is 0. The highest BCUT2D eigenvalue weighted by Gasteiger charge is 2.01. The third kappa shape index (κ3) is 3.87. The summed E-state index contributed by atoms with van der Waals surface area (Å²) in [5, 5.41) is 2.94. The van der Waals surface area contributed by atoms with Crippen LogP contribution in [0.2, 0.25) is 0 Å². The summed E-state index contributed by atoms with van der Waals surface area (Å²) in [5.74, 6) is -0.245. The van der Waals surface area contributed by atoms with Crippen LogP contribution < -0.4 is 10.9 Å². The fourth-order valence-corrected chi connectivity index (χ4v) is 1.76. The van der Waals surface area contributed by atoms with E-state index in [1.54, 1.807) is 6.92 Å². The Morgan fingerprint density at radius 3 is 2.53 bits per heavy atom. The normalized spacial score (nSPS) is 10.5. The zero-order valence-electron chi connectivity index (χ0n) is 10.3. The Morgan fingerprint density at radius 1 is 1.21 bits per heavy atom. The standard InChI is InChI=1S/C13H13F2N3O/c1-8-17-12(7-13(19)18-8)16-3-2-9-4-10(14)6-11(15)5-9/h4-7H,2-3H2,1H3,(H2,16,17,18,19). The number of hydrogen-bond donors (Lipinski definition) is 2. The molecule has 6 heteroatoms. The number of hydrogen-bond acceptors (Lipinski definition) is 3. The van der Waals surface area contributed by atoms with Gasteiger partial charge in [-0.15, -0.1) is 0 Å². The molecule has 1 aromatic carbocycles. The first-order valence-electron chi connectivity index (χ1n) is 5.80. The molecule has 0 amide bonds. The van der Waals surface area contributed by atoms with E-state index in [-0.39, 0.29) is 5.56 Å². The fraction of sp³-hybridized carbons (Fsp3) is 0.231. The lowest BCUT2D eigenvalue weighted by Gasteiger charge is -2.06. The summed E-state index contributed by atoms with van der Waals surface area (Å²) in [6.45, 7) is 2.10. The second-order valence-electron chi connectivity index (χ2n) is 4.17. The van der Waals surface area contributed by atoms with Gasteiger partial charge in [0, 0.05) is 18.7 Å². The van der Waals surface area contributed by atoms with E-state index in [1.165, 1.54) is 18.2 Å². The molecule has 2 N–H and O–H groups in total. The fourth-order valence-electron chi connectivity index (χ4n) is 1.76. The second-order valence-corrected chi connectivity index (χ2v) is 4.17. The zero-order valence-corrected chi connectivity index (χ0v) is 10.3. The van der Waals surface area contributed by atoms with Crippen molar-refractivity contribution in [3.63, 3.8) is 0 Å². The first kappa shape index (κ1) is 13.2. The number of benzene rings is 1. The molecule has 0 aliphatic carbocycles. The molecular weight excluding hydrogens is 252 g/mol. The first-order chi connectivity index (χ1) is 9.02. The molecule has 19 heavy (non-hydrogen) atoms. The molecule has 0 aliphatic heterocycles. The number of aromatic nitrogens is 2. The summed E-state index contributed by atoms with van der Waals surface area (Å²) in [6, 6.07) is 4.72. The highest BCUT2D eigenvalue weighted by molar-refractivity contribution is 5.33. The van der Waals surface area contributed by atoms with Crippen LogP contribution in [0.5, 0.6) is 0 Å². The van der Waals surface area contributed by atoms with Gasteiger partial charge in [0.2, 0.25) is 0 Å². The third-order valence-corrected chi connectivity index (χ3v) is 2.50. The predicted molar refractivity (Wildman–Crippen MR) is 68.1 cm³/mol. The van der Waals surface area contributed by atoms with Gasteiger partial charge in [-0.1, -0.05) is 0 Å². The predicted octanol–water partition coefficient (Wildman–Crippen LogP) is 2.01. The van der Waals surface area contributed by atoms with Gasteiger partial charge in [-0.2, -0.15) is 0 Å². The Balaban J connectivity index is 1.98. The van der Waals surface area contributed by atoms with Crippen LogP contribution in [0.4, 0.5) is 14.6 Å². The summed E-state index contributed by atoms with van der Waals surface area (Å²) in [7, 11) is 0. The minimum Gasteiger partial charge on any atom is -0.370 e. The SMILES string of the molecule is Cc1nc(NCCc2cc(F)cc(F)c2)cc(=O)[nH]1. The zero-order chi connectivity index (χ0) is 13.8. The summed E-state index contributed by atoms with van der Waals surface area (Å²) in [4.78, 5) is 17.8. The van der Waals surface area contributed by atoms with Gasteiger partial charge in [-0.25, -0.2) is 13.8 Å². The molecule has 2 rings (SSSR count). The molecule has 0 saturated carbocycles. The summed E-state index contributed by atoms with van der Waals surface area (Å²) in [5.41, 5.74) is 0.304. The summed E-state index contributed by atoms with van der Waals surface area (Å²) < 4.78 is 25.9. The molecule has 4 nitrogen and oxygen atoms in total. The quantitative estimate of drug-likeness (QED) is 0.889. The lowest BCUT2D eigenvalue weighted by molar-refractivity contribution is 0.580. The number of aryl methyl sites for hydroxylation is 1. The Hall–Kier alpha value is -2.24. The van der Waals surface area contributed by atoms with Crippen molar-refractivity contribution in [1.82, 2.24) is 9.97 Å². The monoisotopic (exact) mass is 265 g/mol. The van der Waals surface area contributed by atoms with Crippen LogP contribution in [0.1, 0.15) is 11.4 Å². The average Bonchev–Trinajstić information content (AvgIpc) is 2.26. The van der Waals surface area contributed by atoms with Gasteiger partial charge >= 0.3 is 0 Å². The van der Waals surface area contributed by atoms with Gasteiger partial charge in [0.15, 0.2) is 0 Å². The number of anilines is 1. The number of nitrogens with zero attached hydrogens (tertiary/aromatic N) is 1. The highest BCUT2D eigenvalue weighted by atomic mass is 19.1. The highest BCUT2D eigenvalue weighted by Crippen LogP contribution is 2.09. The molecule has 1 heterocycles. The van der Waals surface area contributed by atoms with E-state index in [2.05, 4.69) is 15.3 Å².